The first-order valence-corrected chi connectivity index (χ1v) is 6.96. The van der Waals surface area contributed by atoms with E-state index >= 15 is 0 Å². The molecule has 0 radical (unpaired) electrons. The Bertz CT molecular complexity index is 642. The van der Waals surface area contributed by atoms with Crippen LogP contribution in [0.15, 0.2) is 36.4 Å². The minimum absolute atomic E-state index is 0.206. The lowest BCUT2D eigenvalue weighted by Crippen LogP contribution is -2.24. The molecule has 1 heterocycles. The first kappa shape index (κ1) is 13.7. The molecule has 0 bridgehead atoms. The minimum Gasteiger partial charge on any atom is -0.485 e. The molecule has 0 fully saturated rings. The van der Waals surface area contributed by atoms with Crippen LogP contribution in [0.3, 0.4) is 0 Å². The Labute approximate surface area is 126 Å². The largest absolute Gasteiger partial charge is 0.485 e. The fourth-order valence-electron chi connectivity index (χ4n) is 2.44. The highest BCUT2D eigenvalue weighted by molar-refractivity contribution is 6.34. The molecular formula is C15H12Cl2FNO. The second kappa shape index (κ2) is 5.24. The number of rotatable bonds is 1. The Hall–Kier alpha value is -1.29. The molecule has 2 N–H and O–H groups in total. The van der Waals surface area contributed by atoms with Crippen LogP contribution < -0.4 is 10.5 Å². The lowest BCUT2D eigenvalue weighted by Gasteiger charge is -2.30. The van der Waals surface area contributed by atoms with Crippen LogP contribution in [0.4, 0.5) is 4.39 Å². The number of halogens is 3. The maximum Gasteiger partial charge on any atom is 0.127 e. The molecule has 0 spiro atoms. The average molecular weight is 312 g/mol. The number of fused-ring (bicyclic) bond motifs is 1. The van der Waals surface area contributed by atoms with Gasteiger partial charge in [0, 0.05) is 34.1 Å². The van der Waals surface area contributed by atoms with Gasteiger partial charge in [-0.15, -0.1) is 0 Å². The van der Waals surface area contributed by atoms with Gasteiger partial charge >= 0.3 is 0 Å². The van der Waals surface area contributed by atoms with Crippen LogP contribution in [-0.4, -0.2) is 0 Å². The van der Waals surface area contributed by atoms with Gasteiger partial charge in [0.2, 0.25) is 0 Å². The molecule has 2 nitrogen and oxygen atoms in total. The maximum absolute atomic E-state index is 13.3. The number of hydrogen-bond donors (Lipinski definition) is 1. The van der Waals surface area contributed by atoms with Crippen molar-refractivity contribution in [2.45, 2.75) is 18.6 Å². The molecule has 104 valence electrons. The third-order valence-corrected chi connectivity index (χ3v) is 3.81. The third kappa shape index (κ3) is 2.62. The van der Waals surface area contributed by atoms with Crippen molar-refractivity contribution in [3.05, 3.63) is 63.4 Å². The maximum atomic E-state index is 13.3. The van der Waals surface area contributed by atoms with Gasteiger partial charge in [0.05, 0.1) is 0 Å². The monoisotopic (exact) mass is 311 g/mol. The highest BCUT2D eigenvalue weighted by atomic mass is 35.5. The van der Waals surface area contributed by atoms with Gasteiger partial charge in [-0.3, -0.25) is 0 Å². The summed E-state index contributed by atoms with van der Waals surface area (Å²) < 4.78 is 19.2. The van der Waals surface area contributed by atoms with E-state index in [0.29, 0.717) is 22.2 Å². The van der Waals surface area contributed by atoms with E-state index in [1.165, 1.54) is 12.1 Å². The SMILES string of the molecule is NC1CC(c2cc(Cl)cc(Cl)c2)Oc2cc(F)ccc21. The zero-order valence-electron chi connectivity index (χ0n) is 10.4. The molecule has 1 aliphatic rings. The second-order valence-electron chi connectivity index (χ2n) is 4.83. The van der Waals surface area contributed by atoms with Gasteiger partial charge in [0.25, 0.3) is 0 Å². The summed E-state index contributed by atoms with van der Waals surface area (Å²) in [4.78, 5) is 0. The van der Waals surface area contributed by atoms with E-state index in [1.807, 2.05) is 0 Å². The Balaban J connectivity index is 1.98. The van der Waals surface area contributed by atoms with E-state index in [4.69, 9.17) is 33.7 Å². The Morgan fingerprint density at radius 1 is 1.10 bits per heavy atom. The number of benzene rings is 2. The molecule has 0 aliphatic carbocycles. The molecule has 1 aliphatic heterocycles. The van der Waals surface area contributed by atoms with E-state index in [-0.39, 0.29) is 18.0 Å². The molecule has 2 aromatic carbocycles. The zero-order valence-corrected chi connectivity index (χ0v) is 12.0. The molecule has 0 aromatic heterocycles. The van der Waals surface area contributed by atoms with Gasteiger partial charge in [-0.1, -0.05) is 29.3 Å². The Kier molecular flexibility index (Phi) is 3.59. The van der Waals surface area contributed by atoms with E-state index in [1.54, 1.807) is 24.3 Å². The molecule has 2 unspecified atom stereocenters. The summed E-state index contributed by atoms with van der Waals surface area (Å²) in [6, 6.07) is 9.43. The van der Waals surface area contributed by atoms with Crippen LogP contribution >= 0.6 is 23.2 Å². The van der Waals surface area contributed by atoms with Gasteiger partial charge in [0.1, 0.15) is 17.7 Å². The normalized spacial score (nSPS) is 21.2. The zero-order chi connectivity index (χ0) is 14.3. The predicted molar refractivity (Wildman–Crippen MR) is 77.8 cm³/mol. The van der Waals surface area contributed by atoms with E-state index < -0.39 is 0 Å². The van der Waals surface area contributed by atoms with Gasteiger partial charge in [-0.05, 0) is 29.8 Å². The van der Waals surface area contributed by atoms with Crippen molar-refractivity contribution in [2.24, 2.45) is 5.73 Å². The summed E-state index contributed by atoms with van der Waals surface area (Å²) in [5, 5.41) is 1.07. The summed E-state index contributed by atoms with van der Waals surface area (Å²) in [6.45, 7) is 0. The van der Waals surface area contributed by atoms with Crippen LogP contribution in [0.25, 0.3) is 0 Å². The minimum atomic E-state index is -0.347. The lowest BCUT2D eigenvalue weighted by molar-refractivity contribution is 0.161. The summed E-state index contributed by atoms with van der Waals surface area (Å²) in [6.07, 6.45) is 0.311. The molecule has 0 saturated carbocycles. The van der Waals surface area contributed by atoms with Crippen molar-refractivity contribution in [1.82, 2.24) is 0 Å². The van der Waals surface area contributed by atoms with Gasteiger partial charge in [-0.2, -0.15) is 0 Å². The molecular weight excluding hydrogens is 300 g/mol. The Morgan fingerprint density at radius 2 is 1.80 bits per heavy atom. The molecule has 5 heteroatoms. The topological polar surface area (TPSA) is 35.2 Å². The van der Waals surface area contributed by atoms with Gasteiger partial charge in [0.15, 0.2) is 0 Å². The molecule has 0 amide bonds. The molecule has 20 heavy (non-hydrogen) atoms. The van der Waals surface area contributed by atoms with Crippen LogP contribution in [0.5, 0.6) is 5.75 Å². The first-order chi connectivity index (χ1) is 9.52. The van der Waals surface area contributed by atoms with Crippen molar-refractivity contribution in [3.8, 4) is 5.75 Å². The summed E-state index contributed by atoms with van der Waals surface area (Å²) >= 11 is 12.0. The van der Waals surface area contributed by atoms with Crippen LogP contribution in [0.2, 0.25) is 10.0 Å². The Morgan fingerprint density at radius 3 is 2.50 bits per heavy atom. The number of hydrogen-bond acceptors (Lipinski definition) is 2. The second-order valence-corrected chi connectivity index (χ2v) is 5.71. The van der Waals surface area contributed by atoms with Gasteiger partial charge < -0.3 is 10.5 Å². The predicted octanol–water partition coefficient (Wildman–Crippen LogP) is 4.66. The molecule has 2 atom stereocenters. The molecule has 2 aromatic rings. The highest BCUT2D eigenvalue weighted by Crippen LogP contribution is 2.40. The lowest BCUT2D eigenvalue weighted by atomic mass is 9.93. The number of nitrogens with two attached hydrogens (primary N) is 1. The molecule has 3 rings (SSSR count). The summed E-state index contributed by atoms with van der Waals surface area (Å²) in [5.41, 5.74) is 7.79. The fourth-order valence-corrected chi connectivity index (χ4v) is 2.98. The average Bonchev–Trinajstić information content (AvgIpc) is 2.36. The van der Waals surface area contributed by atoms with Gasteiger partial charge in [-0.25, -0.2) is 4.39 Å². The quantitative estimate of drug-likeness (QED) is 0.831. The van der Waals surface area contributed by atoms with Crippen molar-refractivity contribution in [2.75, 3.05) is 0 Å². The van der Waals surface area contributed by atoms with Crippen LogP contribution in [0.1, 0.15) is 29.7 Å². The van der Waals surface area contributed by atoms with Crippen molar-refractivity contribution < 1.29 is 9.13 Å². The fraction of sp³-hybridized carbons (Fsp3) is 0.200. The van der Waals surface area contributed by atoms with Crippen molar-refractivity contribution in [3.63, 3.8) is 0 Å². The third-order valence-electron chi connectivity index (χ3n) is 3.37. The first-order valence-electron chi connectivity index (χ1n) is 6.20. The summed E-state index contributed by atoms with van der Waals surface area (Å²) in [5.74, 6) is 0.130. The molecule has 0 saturated heterocycles. The summed E-state index contributed by atoms with van der Waals surface area (Å²) in [7, 11) is 0. The number of ether oxygens (including phenoxy) is 1. The van der Waals surface area contributed by atoms with Crippen LogP contribution in [0, 0.1) is 5.82 Å². The smallest absolute Gasteiger partial charge is 0.127 e. The highest BCUT2D eigenvalue weighted by Gasteiger charge is 2.27. The van der Waals surface area contributed by atoms with Crippen molar-refractivity contribution >= 4 is 23.2 Å². The van der Waals surface area contributed by atoms with E-state index in [9.17, 15) is 4.39 Å². The van der Waals surface area contributed by atoms with Crippen molar-refractivity contribution in [1.29, 1.82) is 0 Å². The van der Waals surface area contributed by atoms with E-state index in [0.717, 1.165) is 11.1 Å². The standard InChI is InChI=1S/C15H12Cl2FNO/c16-9-3-8(4-10(17)5-9)14-7-13(19)12-2-1-11(18)6-15(12)20-14/h1-6,13-14H,7,19H2. The van der Waals surface area contributed by atoms with E-state index in [2.05, 4.69) is 0 Å². The van der Waals surface area contributed by atoms with Crippen LogP contribution in [-0.2, 0) is 0 Å².